The van der Waals surface area contributed by atoms with Crippen LogP contribution in [0.4, 0.5) is 0 Å². The molecule has 0 heterocycles. The number of ether oxygens (including phenoxy) is 3. The van der Waals surface area contributed by atoms with E-state index in [1.165, 1.54) is 116 Å². The van der Waals surface area contributed by atoms with Gasteiger partial charge in [-0.15, -0.1) is 0 Å². The Labute approximate surface area is 316 Å². The van der Waals surface area contributed by atoms with Gasteiger partial charge in [0.2, 0.25) is 0 Å². The van der Waals surface area contributed by atoms with Gasteiger partial charge in [0, 0.05) is 13.2 Å². The molecule has 0 saturated heterocycles. The third-order valence-electron chi connectivity index (χ3n) is 9.28. The fraction of sp³-hybridized carbons (Fsp3) is 1.00. The summed E-state index contributed by atoms with van der Waals surface area (Å²) >= 11 is 0. The van der Waals surface area contributed by atoms with E-state index in [9.17, 15) is 9.46 Å². The second-order valence-electron chi connectivity index (χ2n) is 15.6. The van der Waals surface area contributed by atoms with Crippen molar-refractivity contribution in [3.8, 4) is 0 Å². The zero-order valence-corrected chi connectivity index (χ0v) is 36.3. The average molecular weight is 699 g/mol. The molecular formula is C39H80NaO6P. The van der Waals surface area contributed by atoms with Crippen molar-refractivity contribution in [1.82, 2.24) is 0 Å². The average Bonchev–Trinajstić information content (AvgIpc) is 2.96. The van der Waals surface area contributed by atoms with E-state index in [1.807, 2.05) is 13.8 Å². The SMILES string of the molecule is CCCCCCCCCCCCOC(C)(C)CCOC(C)(C)P(=O)([O-])OC(C)CCOC(C)(C)CCCCCCCCCCCC.[Na+]. The Kier molecular flexibility index (Phi) is 31.6. The first-order chi connectivity index (χ1) is 21.7. The Bertz CT molecular complexity index is 745. The molecule has 0 aliphatic rings. The predicted octanol–water partition coefficient (Wildman–Crippen LogP) is 9.30. The van der Waals surface area contributed by atoms with Gasteiger partial charge in [-0.25, -0.2) is 0 Å². The van der Waals surface area contributed by atoms with Gasteiger partial charge in [0.15, 0.2) is 7.60 Å². The molecule has 0 aliphatic heterocycles. The normalized spacial score (nSPS) is 14.6. The maximum Gasteiger partial charge on any atom is 1.00 e. The van der Waals surface area contributed by atoms with E-state index in [-0.39, 0.29) is 47.4 Å². The second kappa shape index (κ2) is 29.6. The quantitative estimate of drug-likeness (QED) is 0.0379. The van der Waals surface area contributed by atoms with Crippen LogP contribution in [-0.4, -0.2) is 42.5 Å². The summed E-state index contributed by atoms with van der Waals surface area (Å²) in [5.41, 5.74) is -0.583. The predicted molar refractivity (Wildman–Crippen MR) is 196 cm³/mol. The Morgan fingerprint density at radius 2 is 0.915 bits per heavy atom. The first-order valence-electron chi connectivity index (χ1n) is 19.6. The summed E-state index contributed by atoms with van der Waals surface area (Å²) in [7, 11) is -4.27. The fourth-order valence-corrected chi connectivity index (χ4v) is 6.75. The van der Waals surface area contributed by atoms with E-state index < -0.39 is 19.0 Å². The van der Waals surface area contributed by atoms with E-state index in [4.69, 9.17) is 18.7 Å². The minimum atomic E-state index is -4.27. The Morgan fingerprint density at radius 3 is 1.38 bits per heavy atom. The van der Waals surface area contributed by atoms with Gasteiger partial charge in [-0.1, -0.05) is 136 Å². The Morgan fingerprint density at radius 1 is 0.532 bits per heavy atom. The molecule has 6 nitrogen and oxygen atoms in total. The second-order valence-corrected chi connectivity index (χ2v) is 17.9. The van der Waals surface area contributed by atoms with Crippen molar-refractivity contribution in [2.75, 3.05) is 19.8 Å². The molecule has 8 heteroatoms. The molecule has 0 N–H and O–H groups in total. The third-order valence-corrected chi connectivity index (χ3v) is 11.4. The van der Waals surface area contributed by atoms with Crippen LogP contribution < -0.4 is 34.5 Å². The van der Waals surface area contributed by atoms with Crippen LogP contribution in [0.25, 0.3) is 0 Å². The minimum Gasteiger partial charge on any atom is -0.776 e. The van der Waals surface area contributed by atoms with Gasteiger partial charge in [0.25, 0.3) is 0 Å². The topological polar surface area (TPSA) is 77.1 Å². The van der Waals surface area contributed by atoms with Gasteiger partial charge >= 0.3 is 29.6 Å². The molecule has 0 spiro atoms. The standard InChI is InChI=1S/C39H81O6P.Na/c1-10-12-14-16-18-20-22-24-26-28-31-37(4,5)43-34-30-36(3)45-46(40,41)39(8,9)44-35-32-38(6,7)42-33-29-27-25-23-21-19-17-15-13-11-2;/h36H,10-35H2,1-9H3,(H,40,41);/q;+1/p-1. The van der Waals surface area contributed by atoms with Crippen LogP contribution in [0.1, 0.15) is 210 Å². The molecule has 278 valence electrons. The van der Waals surface area contributed by atoms with E-state index >= 15 is 0 Å². The molecule has 0 aliphatic carbocycles. The van der Waals surface area contributed by atoms with E-state index in [1.54, 1.807) is 20.8 Å². The molecule has 0 aromatic carbocycles. The smallest absolute Gasteiger partial charge is 0.776 e. The fourth-order valence-electron chi connectivity index (χ4n) is 5.66. The molecule has 47 heavy (non-hydrogen) atoms. The summed E-state index contributed by atoms with van der Waals surface area (Å²) in [6.07, 6.45) is 27.9. The van der Waals surface area contributed by atoms with E-state index in [0.717, 1.165) is 25.9 Å². The molecule has 0 aromatic rings. The van der Waals surface area contributed by atoms with Crippen LogP contribution in [-0.2, 0) is 23.3 Å². The van der Waals surface area contributed by atoms with Gasteiger partial charge in [0.05, 0.1) is 23.9 Å². The van der Waals surface area contributed by atoms with Gasteiger partial charge < -0.3 is 28.2 Å². The summed E-state index contributed by atoms with van der Waals surface area (Å²) < 4.78 is 36.8. The monoisotopic (exact) mass is 699 g/mol. The van der Waals surface area contributed by atoms with Crippen LogP contribution in [0.2, 0.25) is 0 Å². The molecule has 0 aromatic heterocycles. The maximum atomic E-state index is 13.1. The zero-order chi connectivity index (χ0) is 34.8. The largest absolute Gasteiger partial charge is 1.00 e. The maximum absolute atomic E-state index is 13.1. The Hall–Kier alpha value is 1.03. The molecule has 0 bridgehead atoms. The van der Waals surface area contributed by atoms with Crippen LogP contribution in [0, 0.1) is 0 Å². The van der Waals surface area contributed by atoms with Gasteiger partial charge in [-0.3, -0.25) is 0 Å². The summed E-state index contributed by atoms with van der Waals surface area (Å²) in [5.74, 6) is 0. The number of rotatable bonds is 34. The third kappa shape index (κ3) is 29.3. The van der Waals surface area contributed by atoms with Crippen molar-refractivity contribution in [3.05, 3.63) is 0 Å². The summed E-state index contributed by atoms with van der Waals surface area (Å²) in [5, 5.41) is -1.41. The summed E-state index contributed by atoms with van der Waals surface area (Å²) in [4.78, 5) is 13.1. The van der Waals surface area contributed by atoms with Crippen LogP contribution >= 0.6 is 7.60 Å². The Balaban J connectivity index is 0. The minimum absolute atomic E-state index is 0. The van der Waals surface area contributed by atoms with Crippen molar-refractivity contribution in [2.45, 2.75) is 233 Å². The van der Waals surface area contributed by atoms with Gasteiger partial charge in [-0.05, 0) is 74.1 Å². The first kappa shape index (κ1) is 50.1. The van der Waals surface area contributed by atoms with Crippen LogP contribution in [0.15, 0.2) is 0 Å². The molecule has 2 atom stereocenters. The molecule has 0 amide bonds. The van der Waals surface area contributed by atoms with E-state index in [0.29, 0.717) is 19.4 Å². The first-order valence-corrected chi connectivity index (χ1v) is 21.1. The van der Waals surface area contributed by atoms with Gasteiger partial charge in [0.1, 0.15) is 5.34 Å². The number of hydrogen-bond donors (Lipinski definition) is 0. The van der Waals surface area contributed by atoms with Crippen LogP contribution in [0.3, 0.4) is 0 Å². The number of hydrogen-bond acceptors (Lipinski definition) is 6. The molecule has 0 rings (SSSR count). The van der Waals surface area contributed by atoms with Crippen molar-refractivity contribution in [1.29, 1.82) is 0 Å². The molecular weight excluding hydrogens is 618 g/mol. The molecule has 2 unspecified atom stereocenters. The summed E-state index contributed by atoms with van der Waals surface area (Å²) in [6.45, 7) is 19.3. The van der Waals surface area contributed by atoms with Crippen molar-refractivity contribution < 1.29 is 57.8 Å². The summed E-state index contributed by atoms with van der Waals surface area (Å²) in [6, 6.07) is 0. The molecule has 0 saturated carbocycles. The van der Waals surface area contributed by atoms with Gasteiger partial charge in [-0.2, -0.15) is 0 Å². The van der Waals surface area contributed by atoms with E-state index in [2.05, 4.69) is 27.7 Å². The number of unbranched alkanes of at least 4 members (excludes halogenated alkanes) is 18. The van der Waals surface area contributed by atoms with Crippen LogP contribution in [0.5, 0.6) is 0 Å². The zero-order valence-electron chi connectivity index (χ0n) is 33.4. The van der Waals surface area contributed by atoms with Crippen molar-refractivity contribution >= 4 is 7.60 Å². The van der Waals surface area contributed by atoms with Crippen molar-refractivity contribution in [3.63, 3.8) is 0 Å². The van der Waals surface area contributed by atoms with Crippen molar-refractivity contribution in [2.24, 2.45) is 0 Å². The molecule has 0 radical (unpaired) electrons. The molecule has 0 fully saturated rings.